The van der Waals surface area contributed by atoms with Gasteiger partial charge in [-0.3, -0.25) is 4.79 Å². The molecule has 0 aromatic carbocycles. The first kappa shape index (κ1) is 19.7. The summed E-state index contributed by atoms with van der Waals surface area (Å²) < 4.78 is 10.5. The number of amides is 2. The molecule has 7 heteroatoms. The van der Waals surface area contributed by atoms with E-state index in [1.807, 2.05) is 20.8 Å². The lowest BCUT2D eigenvalue weighted by molar-refractivity contribution is -0.140. The van der Waals surface area contributed by atoms with Crippen molar-refractivity contribution in [2.45, 2.75) is 59.0 Å². The molecule has 0 bridgehead atoms. The highest BCUT2D eigenvalue weighted by atomic mass is 16.6. The second-order valence-electron chi connectivity index (χ2n) is 8.69. The molecule has 1 unspecified atom stereocenters. The minimum absolute atomic E-state index is 0.0458. The third-order valence-electron chi connectivity index (χ3n) is 5.65. The normalized spacial score (nSPS) is 25.1. The van der Waals surface area contributed by atoms with Gasteiger partial charge in [0.2, 0.25) is 5.91 Å². The van der Waals surface area contributed by atoms with E-state index in [-0.39, 0.29) is 36.4 Å². The van der Waals surface area contributed by atoms with Gasteiger partial charge in [0.05, 0.1) is 11.3 Å². The van der Waals surface area contributed by atoms with Gasteiger partial charge in [0.25, 0.3) is 0 Å². The predicted octanol–water partition coefficient (Wildman–Crippen LogP) is 2.70. The van der Waals surface area contributed by atoms with Crippen molar-refractivity contribution in [1.82, 2.24) is 9.80 Å². The van der Waals surface area contributed by atoms with Gasteiger partial charge in [0, 0.05) is 25.6 Å². The lowest BCUT2D eigenvalue weighted by Crippen LogP contribution is -2.48. The minimum Gasteiger partial charge on any atom is -0.456 e. The van der Waals surface area contributed by atoms with Crippen molar-refractivity contribution in [1.29, 1.82) is 0 Å². The van der Waals surface area contributed by atoms with Gasteiger partial charge < -0.3 is 19.3 Å². The average molecular weight is 378 g/mol. The summed E-state index contributed by atoms with van der Waals surface area (Å²) in [5.74, 6) is -0.0105. The van der Waals surface area contributed by atoms with Gasteiger partial charge in [0.1, 0.15) is 12.2 Å². The van der Waals surface area contributed by atoms with Gasteiger partial charge >= 0.3 is 12.1 Å². The van der Waals surface area contributed by atoms with Crippen LogP contribution in [0.2, 0.25) is 0 Å². The molecule has 27 heavy (non-hydrogen) atoms. The number of nitrogens with zero attached hydrogens (tertiary/aromatic N) is 2. The smallest absolute Gasteiger partial charge is 0.410 e. The van der Waals surface area contributed by atoms with Gasteiger partial charge in [-0.1, -0.05) is 0 Å². The molecule has 150 valence electrons. The largest absolute Gasteiger partial charge is 0.456 e. The Balaban J connectivity index is 1.60. The molecule has 0 aromatic rings. The lowest BCUT2D eigenvalue weighted by atomic mass is 9.79. The maximum Gasteiger partial charge on any atom is 0.410 e. The van der Waals surface area contributed by atoms with Crippen LogP contribution in [0.25, 0.3) is 0 Å². The average Bonchev–Trinajstić information content (AvgIpc) is 2.93. The molecule has 2 fully saturated rings. The lowest BCUT2D eigenvalue weighted by Gasteiger charge is -2.40. The first-order valence-electron chi connectivity index (χ1n) is 9.83. The highest BCUT2D eigenvalue weighted by Gasteiger charge is 2.40. The van der Waals surface area contributed by atoms with Gasteiger partial charge in [-0.05, 0) is 59.3 Å². The topological polar surface area (TPSA) is 76.2 Å². The summed E-state index contributed by atoms with van der Waals surface area (Å²) in [4.78, 5) is 40.5. The van der Waals surface area contributed by atoms with Crippen molar-refractivity contribution in [3.8, 4) is 0 Å². The number of likely N-dealkylation sites (tertiary alicyclic amines) is 2. The monoisotopic (exact) mass is 378 g/mol. The van der Waals surface area contributed by atoms with Crippen molar-refractivity contribution < 1.29 is 23.9 Å². The Morgan fingerprint density at radius 3 is 2.33 bits per heavy atom. The molecule has 7 nitrogen and oxygen atoms in total. The van der Waals surface area contributed by atoms with E-state index in [4.69, 9.17) is 9.47 Å². The Morgan fingerprint density at radius 1 is 1.11 bits per heavy atom. The van der Waals surface area contributed by atoms with Gasteiger partial charge in [0.15, 0.2) is 0 Å². The number of piperidine rings is 2. The second-order valence-corrected chi connectivity index (χ2v) is 8.69. The number of hydrogen-bond donors (Lipinski definition) is 0. The Morgan fingerprint density at radius 2 is 1.78 bits per heavy atom. The molecule has 0 aromatic heterocycles. The number of hydrogen-bond acceptors (Lipinski definition) is 5. The van der Waals surface area contributed by atoms with Crippen LogP contribution in [0.5, 0.6) is 0 Å². The summed E-state index contributed by atoms with van der Waals surface area (Å²) in [5.41, 5.74) is 0.768. The fourth-order valence-electron chi connectivity index (χ4n) is 4.17. The van der Waals surface area contributed by atoms with Crippen LogP contribution in [0.1, 0.15) is 53.4 Å². The van der Waals surface area contributed by atoms with E-state index in [0.29, 0.717) is 25.2 Å². The van der Waals surface area contributed by atoms with E-state index in [9.17, 15) is 14.4 Å². The Bertz CT molecular complexity index is 656. The molecule has 2 amide bonds. The van der Waals surface area contributed by atoms with Crippen molar-refractivity contribution in [2.75, 3.05) is 26.2 Å². The van der Waals surface area contributed by atoms with E-state index in [1.165, 1.54) is 0 Å². The summed E-state index contributed by atoms with van der Waals surface area (Å²) in [6.45, 7) is 9.39. The van der Waals surface area contributed by atoms with Crippen molar-refractivity contribution in [3.63, 3.8) is 0 Å². The zero-order chi connectivity index (χ0) is 19.8. The van der Waals surface area contributed by atoms with Gasteiger partial charge in [-0.25, -0.2) is 9.59 Å². The van der Waals surface area contributed by atoms with Crippen LogP contribution < -0.4 is 0 Å². The molecule has 0 saturated carbocycles. The third-order valence-corrected chi connectivity index (χ3v) is 5.65. The molecule has 3 heterocycles. The first-order valence-corrected chi connectivity index (χ1v) is 9.83. The molecule has 3 aliphatic heterocycles. The Kier molecular flexibility index (Phi) is 5.49. The summed E-state index contributed by atoms with van der Waals surface area (Å²) in [6, 6.07) is 0. The van der Waals surface area contributed by atoms with Crippen molar-refractivity contribution in [2.24, 2.45) is 11.8 Å². The number of cyclic esters (lactones) is 1. The predicted molar refractivity (Wildman–Crippen MR) is 98.6 cm³/mol. The zero-order valence-electron chi connectivity index (χ0n) is 16.7. The van der Waals surface area contributed by atoms with Crippen LogP contribution in [0.4, 0.5) is 4.79 Å². The summed E-state index contributed by atoms with van der Waals surface area (Å²) in [5, 5.41) is 0. The van der Waals surface area contributed by atoms with E-state index < -0.39 is 5.60 Å². The second kappa shape index (κ2) is 7.52. The Labute approximate surface area is 160 Å². The van der Waals surface area contributed by atoms with Crippen LogP contribution in [0, 0.1) is 11.8 Å². The van der Waals surface area contributed by atoms with Crippen molar-refractivity contribution in [3.05, 3.63) is 11.3 Å². The summed E-state index contributed by atoms with van der Waals surface area (Å²) in [7, 11) is 0. The highest BCUT2D eigenvalue weighted by Crippen LogP contribution is 2.35. The minimum atomic E-state index is -0.500. The van der Waals surface area contributed by atoms with E-state index in [1.54, 1.807) is 16.7 Å². The zero-order valence-corrected chi connectivity index (χ0v) is 16.7. The van der Waals surface area contributed by atoms with Gasteiger partial charge in [-0.2, -0.15) is 0 Å². The molecule has 0 aliphatic carbocycles. The molecular formula is C20H30N2O5. The van der Waals surface area contributed by atoms with E-state index >= 15 is 0 Å². The molecule has 0 N–H and O–H groups in total. The molecule has 1 atom stereocenters. The molecule has 0 spiro atoms. The van der Waals surface area contributed by atoms with Crippen LogP contribution in [0.15, 0.2) is 11.3 Å². The quantitative estimate of drug-likeness (QED) is 0.691. The van der Waals surface area contributed by atoms with Crippen LogP contribution in [-0.2, 0) is 19.1 Å². The third kappa shape index (κ3) is 4.28. The van der Waals surface area contributed by atoms with Crippen LogP contribution in [-0.4, -0.2) is 59.6 Å². The fraction of sp³-hybridized carbons (Fsp3) is 0.750. The number of carbonyl (C=O) groups excluding carboxylic acids is 3. The highest BCUT2D eigenvalue weighted by molar-refractivity contribution is 5.93. The number of carbonyl (C=O) groups is 3. The number of ether oxygens (including phenoxy) is 2. The Hall–Kier alpha value is -2.05. The molecule has 2 saturated heterocycles. The van der Waals surface area contributed by atoms with Crippen LogP contribution >= 0.6 is 0 Å². The maximum atomic E-state index is 13.1. The van der Waals surface area contributed by atoms with Crippen molar-refractivity contribution >= 4 is 18.0 Å². The maximum absolute atomic E-state index is 13.1. The number of rotatable bonds is 2. The molecular weight excluding hydrogens is 348 g/mol. The molecule has 3 rings (SSSR count). The fourth-order valence-corrected chi connectivity index (χ4v) is 4.17. The first-order chi connectivity index (χ1) is 12.7. The molecule has 0 radical (unpaired) electrons. The van der Waals surface area contributed by atoms with Gasteiger partial charge in [-0.15, -0.1) is 0 Å². The van der Waals surface area contributed by atoms with E-state index in [2.05, 4.69) is 0 Å². The van der Waals surface area contributed by atoms with E-state index in [0.717, 1.165) is 31.4 Å². The number of esters is 1. The SMILES string of the molecule is CC1=C(N2CCCC(C3CCN(C(=O)OC(C)(C)C)CC3)C2=O)COC1=O. The summed E-state index contributed by atoms with van der Waals surface area (Å²) in [6.07, 6.45) is 3.12. The molecule has 3 aliphatic rings. The standard InChI is InChI=1S/C20H30N2O5/c1-13-16(12-26-18(13)24)22-9-5-6-15(17(22)23)14-7-10-21(11-8-14)19(25)27-20(2,3)4/h14-15H,5-12H2,1-4H3. The summed E-state index contributed by atoms with van der Waals surface area (Å²) >= 11 is 0. The van der Waals surface area contributed by atoms with Crippen LogP contribution in [0.3, 0.4) is 0 Å².